The van der Waals surface area contributed by atoms with Gasteiger partial charge in [-0.3, -0.25) is 0 Å². The van der Waals surface area contributed by atoms with Crippen molar-refractivity contribution >= 4 is 6.29 Å². The van der Waals surface area contributed by atoms with Crippen molar-refractivity contribution in [3.8, 4) is 0 Å². The molecule has 18 heavy (non-hydrogen) atoms. The SMILES string of the molecule is CC1CC1CN(C)CC(C)(C=O)c1ccccc1. The summed E-state index contributed by atoms with van der Waals surface area (Å²) in [6.45, 7) is 6.23. The number of rotatable bonds is 6. The number of carbonyl (C=O) groups is 1. The van der Waals surface area contributed by atoms with Gasteiger partial charge in [-0.05, 0) is 37.8 Å². The monoisotopic (exact) mass is 245 g/mol. The Balaban J connectivity index is 2.01. The standard InChI is InChI=1S/C16H23NO/c1-13-9-14(13)10-17(3)11-16(2,12-18)15-7-5-4-6-8-15/h4-8,12-14H,9-11H2,1-3H3. The number of carbonyl (C=O) groups excluding carboxylic acids is 1. The highest BCUT2D eigenvalue weighted by atomic mass is 16.1. The summed E-state index contributed by atoms with van der Waals surface area (Å²) in [5.41, 5.74) is 0.712. The van der Waals surface area contributed by atoms with Crippen LogP contribution >= 0.6 is 0 Å². The fourth-order valence-corrected chi connectivity index (χ4v) is 2.69. The lowest BCUT2D eigenvalue weighted by Gasteiger charge is -2.29. The second kappa shape index (κ2) is 5.23. The molecular weight excluding hydrogens is 222 g/mol. The predicted octanol–water partition coefficient (Wildman–Crippen LogP) is 2.73. The van der Waals surface area contributed by atoms with Crippen molar-refractivity contribution in [1.82, 2.24) is 4.90 Å². The van der Waals surface area contributed by atoms with Gasteiger partial charge in [-0.15, -0.1) is 0 Å². The Morgan fingerprint density at radius 3 is 2.50 bits per heavy atom. The number of aldehydes is 1. The van der Waals surface area contributed by atoms with Crippen LogP contribution in [-0.4, -0.2) is 31.3 Å². The number of benzene rings is 1. The van der Waals surface area contributed by atoms with Crippen LogP contribution < -0.4 is 0 Å². The molecular formula is C16H23NO. The molecule has 0 N–H and O–H groups in total. The lowest BCUT2D eigenvalue weighted by atomic mass is 9.83. The summed E-state index contributed by atoms with van der Waals surface area (Å²) in [6, 6.07) is 10.1. The molecule has 98 valence electrons. The van der Waals surface area contributed by atoms with E-state index in [4.69, 9.17) is 0 Å². The quantitative estimate of drug-likeness (QED) is 0.718. The van der Waals surface area contributed by atoms with Gasteiger partial charge >= 0.3 is 0 Å². The third-order valence-corrected chi connectivity index (χ3v) is 4.11. The fourth-order valence-electron chi connectivity index (χ4n) is 2.69. The van der Waals surface area contributed by atoms with Gasteiger partial charge < -0.3 is 9.69 Å². The van der Waals surface area contributed by atoms with Gasteiger partial charge in [0.05, 0.1) is 5.41 Å². The summed E-state index contributed by atoms with van der Waals surface area (Å²) >= 11 is 0. The molecule has 1 aromatic carbocycles. The maximum Gasteiger partial charge on any atom is 0.131 e. The van der Waals surface area contributed by atoms with Crippen molar-refractivity contribution in [3.63, 3.8) is 0 Å². The first-order valence-corrected chi connectivity index (χ1v) is 6.75. The minimum Gasteiger partial charge on any atom is -0.305 e. The average molecular weight is 245 g/mol. The topological polar surface area (TPSA) is 20.3 Å². The van der Waals surface area contributed by atoms with Crippen molar-refractivity contribution in [2.24, 2.45) is 11.8 Å². The molecule has 0 radical (unpaired) electrons. The van der Waals surface area contributed by atoms with Gasteiger partial charge in [0.15, 0.2) is 0 Å². The van der Waals surface area contributed by atoms with E-state index >= 15 is 0 Å². The molecule has 1 fully saturated rings. The molecule has 3 unspecified atom stereocenters. The maximum absolute atomic E-state index is 11.5. The minimum absolute atomic E-state index is 0.395. The number of likely N-dealkylation sites (N-methyl/N-ethyl adjacent to an activating group) is 1. The Hall–Kier alpha value is -1.15. The van der Waals surface area contributed by atoms with Gasteiger partial charge in [-0.2, -0.15) is 0 Å². The van der Waals surface area contributed by atoms with Crippen LogP contribution in [0.5, 0.6) is 0 Å². The minimum atomic E-state index is -0.395. The molecule has 0 spiro atoms. The Morgan fingerprint density at radius 1 is 1.39 bits per heavy atom. The highest BCUT2D eigenvalue weighted by molar-refractivity contribution is 5.68. The zero-order valence-electron chi connectivity index (χ0n) is 11.6. The van der Waals surface area contributed by atoms with Crippen LogP contribution in [0.2, 0.25) is 0 Å². The van der Waals surface area contributed by atoms with Crippen LogP contribution in [-0.2, 0) is 10.2 Å². The molecule has 1 aliphatic rings. The van der Waals surface area contributed by atoms with Gasteiger partial charge in [0.2, 0.25) is 0 Å². The number of nitrogens with zero attached hydrogens (tertiary/aromatic N) is 1. The summed E-state index contributed by atoms with van der Waals surface area (Å²) < 4.78 is 0. The van der Waals surface area contributed by atoms with Gasteiger partial charge in [0.1, 0.15) is 6.29 Å². The lowest BCUT2D eigenvalue weighted by Crippen LogP contribution is -2.39. The van der Waals surface area contributed by atoms with E-state index in [2.05, 4.69) is 18.9 Å². The normalized spacial score (nSPS) is 25.8. The molecule has 3 atom stereocenters. The molecule has 2 rings (SSSR count). The van der Waals surface area contributed by atoms with E-state index in [9.17, 15) is 4.79 Å². The molecule has 0 saturated heterocycles. The summed E-state index contributed by atoms with van der Waals surface area (Å²) in [4.78, 5) is 13.8. The van der Waals surface area contributed by atoms with E-state index in [0.717, 1.165) is 36.8 Å². The van der Waals surface area contributed by atoms with Gasteiger partial charge in [0.25, 0.3) is 0 Å². The molecule has 2 nitrogen and oxygen atoms in total. The molecule has 0 amide bonds. The van der Waals surface area contributed by atoms with E-state index in [1.165, 1.54) is 6.42 Å². The maximum atomic E-state index is 11.5. The van der Waals surface area contributed by atoms with Gasteiger partial charge in [-0.25, -0.2) is 0 Å². The zero-order valence-corrected chi connectivity index (χ0v) is 11.6. The van der Waals surface area contributed by atoms with Crippen LogP contribution in [0.1, 0.15) is 25.8 Å². The number of hydrogen-bond donors (Lipinski definition) is 0. The predicted molar refractivity (Wildman–Crippen MR) is 74.6 cm³/mol. The fraction of sp³-hybridized carbons (Fsp3) is 0.562. The third kappa shape index (κ3) is 2.99. The molecule has 1 aromatic rings. The van der Waals surface area contributed by atoms with Crippen molar-refractivity contribution < 1.29 is 4.79 Å². The molecule has 0 heterocycles. The average Bonchev–Trinajstić information content (AvgIpc) is 3.05. The van der Waals surface area contributed by atoms with Gasteiger partial charge in [0, 0.05) is 13.1 Å². The number of hydrogen-bond acceptors (Lipinski definition) is 2. The van der Waals surface area contributed by atoms with E-state index < -0.39 is 5.41 Å². The van der Waals surface area contributed by atoms with E-state index in [0.29, 0.717) is 0 Å². The highest BCUT2D eigenvalue weighted by Gasteiger charge is 2.35. The first-order chi connectivity index (χ1) is 8.55. The molecule has 1 aliphatic carbocycles. The Bertz CT molecular complexity index is 403. The van der Waals surface area contributed by atoms with Crippen LogP contribution in [0.25, 0.3) is 0 Å². The van der Waals surface area contributed by atoms with Crippen molar-refractivity contribution in [2.45, 2.75) is 25.7 Å². The van der Waals surface area contributed by atoms with Crippen LogP contribution in [0.3, 0.4) is 0 Å². The van der Waals surface area contributed by atoms with Crippen LogP contribution in [0, 0.1) is 11.8 Å². The molecule has 1 saturated carbocycles. The molecule has 0 bridgehead atoms. The van der Waals surface area contributed by atoms with Crippen molar-refractivity contribution in [2.75, 3.05) is 20.1 Å². The smallest absolute Gasteiger partial charge is 0.131 e. The lowest BCUT2D eigenvalue weighted by molar-refractivity contribution is -0.112. The van der Waals surface area contributed by atoms with Crippen molar-refractivity contribution in [1.29, 1.82) is 0 Å². The first kappa shape index (κ1) is 13.3. The Morgan fingerprint density at radius 2 is 2.00 bits per heavy atom. The van der Waals surface area contributed by atoms with Crippen LogP contribution in [0.15, 0.2) is 30.3 Å². The summed E-state index contributed by atoms with van der Waals surface area (Å²) in [5.74, 6) is 1.70. The van der Waals surface area contributed by atoms with Gasteiger partial charge in [-0.1, -0.05) is 37.3 Å². The zero-order chi connectivity index (χ0) is 13.2. The van der Waals surface area contributed by atoms with E-state index in [-0.39, 0.29) is 0 Å². The summed E-state index contributed by atoms with van der Waals surface area (Å²) in [6.07, 6.45) is 2.43. The van der Waals surface area contributed by atoms with Crippen molar-refractivity contribution in [3.05, 3.63) is 35.9 Å². The molecule has 0 aliphatic heterocycles. The Labute approximate surface area is 110 Å². The summed E-state index contributed by atoms with van der Waals surface area (Å²) in [5, 5.41) is 0. The third-order valence-electron chi connectivity index (χ3n) is 4.11. The van der Waals surface area contributed by atoms with E-state index in [1.807, 2.05) is 37.3 Å². The first-order valence-electron chi connectivity index (χ1n) is 6.75. The highest BCUT2D eigenvalue weighted by Crippen LogP contribution is 2.38. The largest absolute Gasteiger partial charge is 0.305 e. The Kier molecular flexibility index (Phi) is 3.86. The molecule has 2 heteroatoms. The van der Waals surface area contributed by atoms with E-state index in [1.54, 1.807) is 0 Å². The van der Waals surface area contributed by atoms with Crippen LogP contribution in [0.4, 0.5) is 0 Å². The second-order valence-electron chi connectivity index (χ2n) is 6.07. The molecule has 0 aromatic heterocycles. The summed E-state index contributed by atoms with van der Waals surface area (Å²) in [7, 11) is 2.12. The second-order valence-corrected chi connectivity index (χ2v) is 6.07.